The van der Waals surface area contributed by atoms with E-state index in [0.717, 1.165) is 12.1 Å². The Bertz CT molecular complexity index is 1080. The van der Waals surface area contributed by atoms with Crippen LogP contribution in [0.2, 0.25) is 0 Å². The molecule has 1 aromatic heterocycles. The zero-order valence-corrected chi connectivity index (χ0v) is 15.9. The summed E-state index contributed by atoms with van der Waals surface area (Å²) in [4.78, 5) is 4.28. The zero-order chi connectivity index (χ0) is 22.3. The summed E-state index contributed by atoms with van der Waals surface area (Å²) in [5.74, 6) is 0.175. The molecule has 0 bridgehead atoms. The van der Waals surface area contributed by atoms with Gasteiger partial charge in [-0.05, 0) is 42.3 Å². The van der Waals surface area contributed by atoms with Crippen LogP contribution in [-0.4, -0.2) is 11.2 Å². The van der Waals surface area contributed by atoms with Crippen molar-refractivity contribution < 1.29 is 30.8 Å². The molecule has 0 aliphatic heterocycles. The molecule has 1 unspecified atom stereocenters. The number of rotatable bonds is 4. The first-order valence-corrected chi connectivity index (χ1v) is 9.31. The number of allylic oxidation sites excluding steroid dienone is 1. The maximum Gasteiger partial charge on any atom is 0.416 e. The highest BCUT2D eigenvalue weighted by molar-refractivity contribution is 5.60. The third kappa shape index (κ3) is 4.30. The van der Waals surface area contributed by atoms with Crippen LogP contribution in [0.4, 0.5) is 38.0 Å². The molecule has 162 valence electrons. The maximum atomic E-state index is 13.6. The summed E-state index contributed by atoms with van der Waals surface area (Å²) in [5, 5.41) is 2.73. The highest BCUT2D eigenvalue weighted by atomic mass is 19.4. The Kier molecular flexibility index (Phi) is 5.07. The van der Waals surface area contributed by atoms with Gasteiger partial charge in [0.2, 0.25) is 0 Å². The number of fused-ring (bicyclic) bond motifs is 1. The molecular formula is C22H16F6N2O. The molecule has 4 rings (SSSR count). The van der Waals surface area contributed by atoms with E-state index >= 15 is 0 Å². The maximum absolute atomic E-state index is 13.6. The van der Waals surface area contributed by atoms with Crippen LogP contribution >= 0.6 is 0 Å². The van der Waals surface area contributed by atoms with Crippen LogP contribution in [0, 0.1) is 0 Å². The minimum atomic E-state index is -4.47. The van der Waals surface area contributed by atoms with E-state index in [4.69, 9.17) is 4.42 Å². The fourth-order valence-electron chi connectivity index (χ4n) is 3.78. The molecule has 0 radical (unpaired) electrons. The van der Waals surface area contributed by atoms with Gasteiger partial charge in [-0.2, -0.15) is 31.3 Å². The van der Waals surface area contributed by atoms with Crippen molar-refractivity contribution in [2.24, 2.45) is 0 Å². The van der Waals surface area contributed by atoms with Crippen LogP contribution < -0.4 is 5.32 Å². The number of alkyl halides is 6. The smallest absolute Gasteiger partial charge is 0.416 e. The van der Waals surface area contributed by atoms with Crippen molar-refractivity contribution in [1.29, 1.82) is 0 Å². The van der Waals surface area contributed by atoms with E-state index in [2.05, 4.69) is 10.3 Å². The number of oxazole rings is 1. The van der Waals surface area contributed by atoms with E-state index in [1.54, 1.807) is 42.5 Å². The van der Waals surface area contributed by atoms with E-state index in [1.807, 2.05) is 0 Å². The second-order valence-electron chi connectivity index (χ2n) is 7.28. The standard InChI is InChI=1S/C22H16F6N2O/c23-21(24,25)13-20(14-5-2-1-3-6-14)12-4-7-17-18(20)30-19(31-17)29-16-10-8-15(9-11-16)22(26,27)28/h1-11H,12-13H2,(H,29,30). The highest BCUT2D eigenvalue weighted by Gasteiger charge is 2.48. The third-order valence-corrected chi connectivity index (χ3v) is 5.13. The van der Waals surface area contributed by atoms with Gasteiger partial charge in [-0.1, -0.05) is 36.4 Å². The molecule has 0 saturated carbocycles. The van der Waals surface area contributed by atoms with E-state index < -0.39 is 29.8 Å². The van der Waals surface area contributed by atoms with E-state index in [1.165, 1.54) is 12.1 Å². The summed E-state index contributed by atoms with van der Waals surface area (Å²) in [6.45, 7) is 0. The van der Waals surface area contributed by atoms with Gasteiger partial charge in [-0.25, -0.2) is 0 Å². The summed E-state index contributed by atoms with van der Waals surface area (Å²) in [6, 6.07) is 12.3. The molecule has 9 heteroatoms. The van der Waals surface area contributed by atoms with Crippen LogP contribution in [0.25, 0.3) is 6.08 Å². The summed E-state index contributed by atoms with van der Waals surface area (Å²) in [6.07, 6.45) is -6.83. The van der Waals surface area contributed by atoms with Gasteiger partial charge in [-0.15, -0.1) is 0 Å². The molecule has 1 heterocycles. The van der Waals surface area contributed by atoms with Crippen LogP contribution in [0.1, 0.15) is 35.4 Å². The Labute approximate surface area is 173 Å². The number of hydrogen-bond donors (Lipinski definition) is 1. The molecule has 0 amide bonds. The number of hydrogen-bond acceptors (Lipinski definition) is 3. The number of anilines is 2. The van der Waals surface area contributed by atoms with Crippen LogP contribution in [0.15, 0.2) is 65.1 Å². The number of nitrogens with one attached hydrogen (secondary N) is 1. The summed E-state index contributed by atoms with van der Waals surface area (Å²) in [5.41, 5.74) is -1.44. The molecule has 1 atom stereocenters. The van der Waals surface area contributed by atoms with Gasteiger partial charge in [0.15, 0.2) is 5.76 Å². The summed E-state index contributed by atoms with van der Waals surface area (Å²) < 4.78 is 84.5. The number of benzene rings is 2. The SMILES string of the molecule is FC(F)(F)CC1(c2ccccc2)CC=Cc2oc(Nc3ccc(C(F)(F)F)cc3)nc21. The number of nitrogens with zero attached hydrogens (tertiary/aromatic N) is 1. The average molecular weight is 438 g/mol. The summed E-state index contributed by atoms with van der Waals surface area (Å²) >= 11 is 0. The Morgan fingerprint density at radius 2 is 1.61 bits per heavy atom. The Balaban J connectivity index is 1.71. The largest absolute Gasteiger partial charge is 0.424 e. The molecule has 2 aromatic carbocycles. The molecule has 1 N–H and O–H groups in total. The molecule has 0 fully saturated rings. The average Bonchev–Trinajstić information content (AvgIpc) is 3.11. The molecule has 31 heavy (non-hydrogen) atoms. The van der Waals surface area contributed by atoms with Crippen molar-refractivity contribution in [1.82, 2.24) is 4.98 Å². The predicted octanol–water partition coefficient (Wildman–Crippen LogP) is 7.09. The molecular weight excluding hydrogens is 422 g/mol. The van der Waals surface area contributed by atoms with Crippen molar-refractivity contribution in [3.63, 3.8) is 0 Å². The van der Waals surface area contributed by atoms with Crippen molar-refractivity contribution in [3.05, 3.63) is 83.3 Å². The first-order chi connectivity index (χ1) is 14.6. The Morgan fingerprint density at radius 3 is 2.23 bits per heavy atom. The lowest BCUT2D eigenvalue weighted by atomic mass is 9.69. The third-order valence-electron chi connectivity index (χ3n) is 5.13. The van der Waals surface area contributed by atoms with Gasteiger partial charge < -0.3 is 9.73 Å². The van der Waals surface area contributed by atoms with Gasteiger partial charge in [0.25, 0.3) is 6.01 Å². The van der Waals surface area contributed by atoms with Gasteiger partial charge >= 0.3 is 12.4 Å². The lowest BCUT2D eigenvalue weighted by Gasteiger charge is -2.34. The van der Waals surface area contributed by atoms with Crippen LogP contribution in [0.5, 0.6) is 0 Å². The van der Waals surface area contributed by atoms with Gasteiger partial charge in [-0.3, -0.25) is 0 Å². The second-order valence-corrected chi connectivity index (χ2v) is 7.28. The van der Waals surface area contributed by atoms with Gasteiger partial charge in [0, 0.05) is 5.69 Å². The molecule has 0 saturated heterocycles. The zero-order valence-electron chi connectivity index (χ0n) is 15.9. The number of aromatic nitrogens is 1. The van der Waals surface area contributed by atoms with Gasteiger partial charge in [0.05, 0.1) is 23.1 Å². The first-order valence-electron chi connectivity index (χ1n) is 9.31. The van der Waals surface area contributed by atoms with Gasteiger partial charge in [0.1, 0.15) is 0 Å². The van der Waals surface area contributed by atoms with Crippen LogP contribution in [-0.2, 0) is 11.6 Å². The normalized spacial score (nSPS) is 18.6. The number of halogens is 6. The van der Waals surface area contributed by atoms with E-state index in [9.17, 15) is 26.3 Å². The first kappa shape index (κ1) is 21.0. The fourth-order valence-corrected chi connectivity index (χ4v) is 3.78. The minimum Gasteiger partial charge on any atom is -0.424 e. The molecule has 1 aliphatic rings. The Hall–Kier alpha value is -3.23. The second kappa shape index (κ2) is 7.47. The lowest BCUT2D eigenvalue weighted by Crippen LogP contribution is -2.35. The van der Waals surface area contributed by atoms with E-state index in [0.29, 0.717) is 5.56 Å². The Morgan fingerprint density at radius 1 is 0.935 bits per heavy atom. The van der Waals surface area contributed by atoms with E-state index in [-0.39, 0.29) is 29.6 Å². The van der Waals surface area contributed by atoms with Crippen LogP contribution in [0.3, 0.4) is 0 Å². The fraction of sp³-hybridized carbons (Fsp3) is 0.227. The summed E-state index contributed by atoms with van der Waals surface area (Å²) in [7, 11) is 0. The predicted molar refractivity (Wildman–Crippen MR) is 103 cm³/mol. The molecule has 0 spiro atoms. The quantitative estimate of drug-likeness (QED) is 0.442. The molecule has 3 nitrogen and oxygen atoms in total. The molecule has 1 aliphatic carbocycles. The topological polar surface area (TPSA) is 38.1 Å². The van der Waals surface area contributed by atoms with Crippen molar-refractivity contribution in [2.45, 2.75) is 30.6 Å². The van der Waals surface area contributed by atoms with Crippen molar-refractivity contribution in [2.75, 3.05) is 5.32 Å². The van der Waals surface area contributed by atoms with Crippen molar-refractivity contribution >= 4 is 17.8 Å². The van der Waals surface area contributed by atoms with Crippen molar-refractivity contribution in [3.8, 4) is 0 Å². The lowest BCUT2D eigenvalue weighted by molar-refractivity contribution is -0.145. The molecule has 3 aromatic rings. The monoisotopic (exact) mass is 438 g/mol. The highest BCUT2D eigenvalue weighted by Crippen LogP contribution is 2.48. The minimum absolute atomic E-state index is 0.0791.